The van der Waals surface area contributed by atoms with Crippen molar-refractivity contribution in [2.75, 3.05) is 69.3 Å². The molecule has 4 aromatic rings. The van der Waals surface area contributed by atoms with Crippen molar-refractivity contribution in [1.82, 2.24) is 14.5 Å². The maximum absolute atomic E-state index is 13.4. The summed E-state index contributed by atoms with van der Waals surface area (Å²) in [5.41, 5.74) is 5.20. The van der Waals surface area contributed by atoms with Crippen LogP contribution >= 0.6 is 23.4 Å². The van der Waals surface area contributed by atoms with E-state index in [4.69, 9.17) is 11.6 Å². The predicted molar refractivity (Wildman–Crippen MR) is 232 cm³/mol. The first-order valence-electron chi connectivity index (χ1n) is 19.4. The van der Waals surface area contributed by atoms with Crippen LogP contribution in [0.2, 0.25) is 5.02 Å². The van der Waals surface area contributed by atoms with Crippen molar-refractivity contribution < 1.29 is 18.1 Å². The van der Waals surface area contributed by atoms with Crippen LogP contribution in [0.1, 0.15) is 54.4 Å². The Morgan fingerprint density at radius 2 is 1.61 bits per heavy atom. The largest absolute Gasteiger partial charge is 0.377 e. The monoisotopic (exact) mass is 830 g/mol. The number of allylic oxidation sites excluding steroid dienone is 1. The first kappa shape index (κ1) is 42.2. The van der Waals surface area contributed by atoms with Gasteiger partial charge in [0.15, 0.2) is 0 Å². The van der Waals surface area contributed by atoms with Gasteiger partial charge in [-0.05, 0) is 137 Å². The van der Waals surface area contributed by atoms with Crippen molar-refractivity contribution in [2.24, 2.45) is 0 Å². The van der Waals surface area contributed by atoms with Crippen LogP contribution in [-0.2, 0) is 10.0 Å². The number of nitrogens with one attached hydrogen (secondary N) is 2. The Kier molecular flexibility index (Phi) is 14.7. The molecule has 1 saturated heterocycles. The van der Waals surface area contributed by atoms with Crippen molar-refractivity contribution in [3.63, 3.8) is 0 Å². The molecular formula is C43H51ClN6O5S2. The zero-order chi connectivity index (χ0) is 40.4. The van der Waals surface area contributed by atoms with Crippen molar-refractivity contribution >= 4 is 61.9 Å². The molecule has 1 aliphatic carbocycles. The van der Waals surface area contributed by atoms with Crippen LogP contribution in [0.15, 0.2) is 112 Å². The van der Waals surface area contributed by atoms with E-state index in [9.17, 15) is 23.3 Å². The maximum Gasteiger partial charge on any atom is 0.293 e. The fourth-order valence-corrected chi connectivity index (χ4v) is 9.46. The fourth-order valence-electron chi connectivity index (χ4n) is 7.35. The van der Waals surface area contributed by atoms with Crippen LogP contribution in [0.5, 0.6) is 0 Å². The molecule has 57 heavy (non-hydrogen) atoms. The van der Waals surface area contributed by atoms with Crippen LogP contribution in [0.4, 0.5) is 17.1 Å². The van der Waals surface area contributed by atoms with Gasteiger partial charge in [0.25, 0.3) is 21.6 Å². The lowest BCUT2D eigenvalue weighted by Gasteiger charge is -2.37. The number of piperazine rings is 1. The minimum Gasteiger partial charge on any atom is -0.377 e. The molecule has 1 atom stereocenters. The summed E-state index contributed by atoms with van der Waals surface area (Å²) >= 11 is 7.86. The number of nitrogens with zero attached hydrogens (tertiary/aromatic N) is 4. The molecule has 0 aromatic heterocycles. The lowest BCUT2D eigenvalue weighted by Crippen LogP contribution is -2.47. The Morgan fingerprint density at radius 1 is 0.912 bits per heavy atom. The van der Waals surface area contributed by atoms with E-state index < -0.39 is 20.9 Å². The van der Waals surface area contributed by atoms with Gasteiger partial charge in [0, 0.05) is 66.0 Å². The number of sulfonamides is 1. The molecule has 1 amide bonds. The number of benzene rings is 4. The Balaban J connectivity index is 1.05. The van der Waals surface area contributed by atoms with Gasteiger partial charge in [-0.1, -0.05) is 47.5 Å². The zero-order valence-electron chi connectivity index (χ0n) is 32.5. The minimum absolute atomic E-state index is 0.0931. The Morgan fingerprint density at radius 3 is 2.30 bits per heavy atom. The van der Waals surface area contributed by atoms with Gasteiger partial charge in [0.1, 0.15) is 5.69 Å². The van der Waals surface area contributed by atoms with E-state index >= 15 is 0 Å². The Hall–Kier alpha value is -4.40. The maximum atomic E-state index is 13.4. The average molecular weight is 832 g/mol. The third-order valence-corrected chi connectivity index (χ3v) is 13.1. The summed E-state index contributed by atoms with van der Waals surface area (Å²) < 4.78 is 28.9. The van der Waals surface area contributed by atoms with Crippen LogP contribution in [0, 0.1) is 10.1 Å². The molecule has 4 aromatic carbocycles. The predicted octanol–water partition coefficient (Wildman–Crippen LogP) is 8.43. The van der Waals surface area contributed by atoms with Crippen LogP contribution < -0.4 is 14.9 Å². The molecule has 0 radical (unpaired) electrons. The number of nitro benzene ring substituents is 1. The van der Waals surface area contributed by atoms with Gasteiger partial charge in [-0.2, -0.15) is 0 Å². The van der Waals surface area contributed by atoms with Crippen molar-refractivity contribution in [3.05, 3.63) is 129 Å². The molecule has 1 aliphatic heterocycles. The quantitative estimate of drug-likeness (QED) is 0.0608. The third-order valence-electron chi connectivity index (χ3n) is 10.5. The molecule has 0 spiro atoms. The highest BCUT2D eigenvalue weighted by Gasteiger charge is 2.26. The fraction of sp³-hybridized carbons (Fsp3) is 0.372. The normalized spacial score (nSPS) is 15.8. The summed E-state index contributed by atoms with van der Waals surface area (Å²) in [7, 11) is -0.475. The summed E-state index contributed by atoms with van der Waals surface area (Å²) in [6.07, 6.45) is 6.09. The highest BCUT2D eigenvalue weighted by Crippen LogP contribution is 2.34. The number of carbonyl (C=O) groups excluding carboxylic acids is 1. The summed E-state index contributed by atoms with van der Waals surface area (Å²) in [5.74, 6) is -0.0155. The van der Waals surface area contributed by atoms with E-state index in [2.05, 4.69) is 36.9 Å². The highest BCUT2D eigenvalue weighted by molar-refractivity contribution is 7.99. The van der Waals surface area contributed by atoms with E-state index in [1.807, 2.05) is 68.7 Å². The molecule has 1 fully saturated rings. The van der Waals surface area contributed by atoms with Gasteiger partial charge in [-0.25, -0.2) is 13.1 Å². The molecule has 0 saturated carbocycles. The van der Waals surface area contributed by atoms with Gasteiger partial charge in [0.05, 0.1) is 9.82 Å². The smallest absolute Gasteiger partial charge is 0.293 e. The number of rotatable bonds is 17. The Bertz CT molecular complexity index is 2130. The summed E-state index contributed by atoms with van der Waals surface area (Å²) in [5, 5.41) is 16.2. The molecule has 1 heterocycles. The number of thioether (sulfide) groups is 1. The van der Waals surface area contributed by atoms with E-state index in [-0.39, 0.29) is 27.9 Å². The summed E-state index contributed by atoms with van der Waals surface area (Å²) in [6, 6.07) is 28.7. The average Bonchev–Trinajstić information content (AvgIpc) is 3.21. The Labute approximate surface area is 345 Å². The number of halogens is 1. The third kappa shape index (κ3) is 11.8. The molecule has 14 heteroatoms. The standard InChI is InChI=1S/C43H51ClN6O5S2/c1-47(2)24-22-36(23-29-56-38-9-4-3-5-10-38)45-41-21-20-39(30-42(41)50(52)53)57(54,55)46-43(51)33-14-18-37(19-15-33)49-27-25-48(26-28-49)31-34-8-6-7-11-40(34)32-12-16-35(44)17-13-32/h3-5,9-10,12-21,30,36,45H,6-8,11,22-29,31H2,1-2H3,(H,46,51)/t36-/m1/s1. The zero-order valence-corrected chi connectivity index (χ0v) is 34.9. The van der Waals surface area contributed by atoms with E-state index in [0.29, 0.717) is 0 Å². The van der Waals surface area contributed by atoms with Gasteiger partial charge in [-0.15, -0.1) is 11.8 Å². The van der Waals surface area contributed by atoms with Crippen LogP contribution in [0.25, 0.3) is 5.57 Å². The molecule has 0 unspecified atom stereocenters. The topological polar surface area (TPSA) is 128 Å². The van der Waals surface area contributed by atoms with E-state index in [0.717, 1.165) is 92.4 Å². The SMILES string of the molecule is CN(C)CC[C@H](CCSc1ccccc1)Nc1ccc(S(=O)(=O)NC(=O)c2ccc(N3CCN(CC4=C(c5ccc(Cl)cc5)CCCC4)CC3)cc2)cc1[N+](=O)[O-]. The second-order valence-corrected chi connectivity index (χ2v) is 18.1. The number of nitro groups is 1. The van der Waals surface area contributed by atoms with Crippen molar-refractivity contribution in [2.45, 2.75) is 54.4 Å². The molecule has 0 bridgehead atoms. The number of hydrogen-bond acceptors (Lipinski definition) is 10. The number of amides is 1. The van der Waals surface area contributed by atoms with Crippen LogP contribution in [-0.4, -0.2) is 94.2 Å². The van der Waals surface area contributed by atoms with Gasteiger partial charge >= 0.3 is 0 Å². The lowest BCUT2D eigenvalue weighted by molar-refractivity contribution is -0.384. The number of anilines is 2. The summed E-state index contributed by atoms with van der Waals surface area (Å²) in [6.45, 7) is 5.19. The van der Waals surface area contributed by atoms with E-state index in [1.165, 1.54) is 41.7 Å². The highest BCUT2D eigenvalue weighted by atomic mass is 35.5. The number of hydrogen-bond donors (Lipinski definition) is 2. The summed E-state index contributed by atoms with van der Waals surface area (Å²) in [4.78, 5) is 32.4. The van der Waals surface area contributed by atoms with Crippen molar-refractivity contribution in [3.8, 4) is 0 Å². The molecule has 302 valence electrons. The van der Waals surface area contributed by atoms with Gasteiger partial charge in [0.2, 0.25) is 0 Å². The molecule has 2 aliphatic rings. The van der Waals surface area contributed by atoms with Crippen LogP contribution in [0.3, 0.4) is 0 Å². The van der Waals surface area contributed by atoms with Gasteiger partial charge < -0.3 is 15.1 Å². The second kappa shape index (κ2) is 19.8. The molecular weight excluding hydrogens is 780 g/mol. The van der Waals surface area contributed by atoms with E-state index in [1.54, 1.807) is 23.9 Å². The van der Waals surface area contributed by atoms with Crippen molar-refractivity contribution in [1.29, 1.82) is 0 Å². The molecule has 6 rings (SSSR count). The minimum atomic E-state index is -4.42. The second-order valence-electron chi connectivity index (χ2n) is 14.9. The lowest BCUT2D eigenvalue weighted by atomic mass is 9.87. The first-order valence-corrected chi connectivity index (χ1v) is 22.3. The first-order chi connectivity index (χ1) is 27.4. The number of carbonyl (C=O) groups is 1. The van der Waals surface area contributed by atoms with Gasteiger partial charge in [-0.3, -0.25) is 19.8 Å². The molecule has 11 nitrogen and oxygen atoms in total. The molecule has 2 N–H and O–H groups in total.